The van der Waals surface area contributed by atoms with Crippen LogP contribution in [-0.2, 0) is 4.79 Å². The van der Waals surface area contributed by atoms with Crippen molar-refractivity contribution in [1.82, 2.24) is 9.97 Å². The fourth-order valence-corrected chi connectivity index (χ4v) is 1.23. The summed E-state index contributed by atoms with van der Waals surface area (Å²) < 4.78 is 12.6. The predicted octanol–water partition coefficient (Wildman–Crippen LogP) is 1.16. The van der Waals surface area contributed by atoms with Crippen molar-refractivity contribution in [2.45, 2.75) is 13.8 Å². The number of rotatable bonds is 5. The van der Waals surface area contributed by atoms with Gasteiger partial charge in [0.1, 0.15) is 0 Å². The molecule has 0 bridgehead atoms. The van der Waals surface area contributed by atoms with Crippen molar-refractivity contribution in [2.75, 3.05) is 18.0 Å². The largest absolute Gasteiger partial charge is 0.481 e. The van der Waals surface area contributed by atoms with Gasteiger partial charge in [-0.2, -0.15) is 0 Å². The van der Waals surface area contributed by atoms with Crippen molar-refractivity contribution in [3.8, 4) is 0 Å². The Morgan fingerprint density at radius 1 is 1.56 bits per heavy atom. The molecule has 0 saturated heterocycles. The van der Waals surface area contributed by atoms with Crippen LogP contribution in [0.5, 0.6) is 0 Å². The molecule has 0 radical (unpaired) electrons. The van der Waals surface area contributed by atoms with E-state index in [1.165, 1.54) is 0 Å². The molecule has 88 valence electrons. The van der Waals surface area contributed by atoms with E-state index in [-0.39, 0.29) is 0 Å². The number of carboxylic acids is 1. The molecule has 0 saturated carbocycles. The quantitative estimate of drug-likeness (QED) is 0.817. The van der Waals surface area contributed by atoms with Crippen molar-refractivity contribution < 1.29 is 14.3 Å². The zero-order valence-corrected chi connectivity index (χ0v) is 9.22. The van der Waals surface area contributed by atoms with Crippen molar-refractivity contribution >= 4 is 11.9 Å². The second-order valence-electron chi connectivity index (χ2n) is 3.48. The monoisotopic (exact) mass is 227 g/mol. The van der Waals surface area contributed by atoms with Gasteiger partial charge in [-0.3, -0.25) is 4.79 Å². The molecule has 0 amide bonds. The Balaban J connectivity index is 2.74. The van der Waals surface area contributed by atoms with Crippen LogP contribution in [0, 0.1) is 11.7 Å². The Morgan fingerprint density at radius 3 is 2.56 bits per heavy atom. The zero-order chi connectivity index (χ0) is 12.1. The maximum atomic E-state index is 12.6. The normalized spacial score (nSPS) is 12.2. The molecule has 5 nitrogen and oxygen atoms in total. The molecule has 1 aromatic rings. The van der Waals surface area contributed by atoms with Gasteiger partial charge in [-0.05, 0) is 6.92 Å². The minimum Gasteiger partial charge on any atom is -0.481 e. The van der Waals surface area contributed by atoms with Crippen LogP contribution < -0.4 is 4.90 Å². The van der Waals surface area contributed by atoms with Crippen molar-refractivity contribution in [3.63, 3.8) is 0 Å². The average molecular weight is 227 g/mol. The molecule has 1 atom stereocenters. The third-order valence-corrected chi connectivity index (χ3v) is 2.19. The molecule has 0 fully saturated rings. The molecule has 0 spiro atoms. The highest BCUT2D eigenvalue weighted by atomic mass is 19.1. The highest BCUT2D eigenvalue weighted by molar-refractivity contribution is 5.70. The van der Waals surface area contributed by atoms with Gasteiger partial charge in [-0.25, -0.2) is 14.4 Å². The van der Waals surface area contributed by atoms with Crippen LogP contribution in [0.2, 0.25) is 0 Å². The highest BCUT2D eigenvalue weighted by Gasteiger charge is 2.16. The Kier molecular flexibility index (Phi) is 4.16. The maximum absolute atomic E-state index is 12.6. The van der Waals surface area contributed by atoms with Gasteiger partial charge in [0.2, 0.25) is 5.95 Å². The first-order valence-corrected chi connectivity index (χ1v) is 5.00. The van der Waals surface area contributed by atoms with Gasteiger partial charge >= 0.3 is 5.97 Å². The van der Waals surface area contributed by atoms with Crippen LogP contribution in [0.25, 0.3) is 0 Å². The summed E-state index contributed by atoms with van der Waals surface area (Å²) in [5.74, 6) is -1.56. The molecule has 1 N–H and O–H groups in total. The number of carbonyl (C=O) groups is 1. The number of carboxylic acid groups (broad SMARTS) is 1. The minimum absolute atomic E-state index is 0.303. The Hall–Kier alpha value is -1.72. The molecule has 0 aliphatic rings. The fourth-order valence-electron chi connectivity index (χ4n) is 1.23. The first kappa shape index (κ1) is 12.4. The SMILES string of the molecule is CCN(CC(C)C(=O)O)c1ncc(F)cn1. The topological polar surface area (TPSA) is 66.3 Å². The zero-order valence-electron chi connectivity index (χ0n) is 9.22. The molecule has 1 heterocycles. The number of anilines is 1. The van der Waals surface area contributed by atoms with E-state index in [1.807, 2.05) is 6.92 Å². The smallest absolute Gasteiger partial charge is 0.308 e. The summed E-state index contributed by atoms with van der Waals surface area (Å²) in [6.45, 7) is 4.34. The average Bonchev–Trinajstić information content (AvgIpc) is 2.26. The van der Waals surface area contributed by atoms with Crippen LogP contribution in [-0.4, -0.2) is 34.1 Å². The lowest BCUT2D eigenvalue weighted by molar-refractivity contribution is -0.140. The fraction of sp³-hybridized carbons (Fsp3) is 0.500. The lowest BCUT2D eigenvalue weighted by atomic mass is 10.2. The Labute approximate surface area is 92.9 Å². The van der Waals surface area contributed by atoms with Crippen molar-refractivity contribution in [1.29, 1.82) is 0 Å². The molecule has 0 aromatic carbocycles. The molecular formula is C10H14FN3O2. The van der Waals surface area contributed by atoms with E-state index in [1.54, 1.807) is 11.8 Å². The second kappa shape index (κ2) is 5.39. The van der Waals surface area contributed by atoms with E-state index in [0.29, 0.717) is 19.0 Å². The van der Waals surface area contributed by atoms with Gasteiger partial charge in [0.25, 0.3) is 0 Å². The molecule has 16 heavy (non-hydrogen) atoms. The second-order valence-corrected chi connectivity index (χ2v) is 3.48. The van der Waals surface area contributed by atoms with Crippen molar-refractivity contribution in [2.24, 2.45) is 5.92 Å². The summed E-state index contributed by atoms with van der Waals surface area (Å²) in [4.78, 5) is 20.0. The number of hydrogen-bond acceptors (Lipinski definition) is 4. The predicted molar refractivity (Wildman–Crippen MR) is 56.7 cm³/mol. The summed E-state index contributed by atoms with van der Waals surface area (Å²) in [6, 6.07) is 0. The molecule has 1 unspecified atom stereocenters. The van der Waals surface area contributed by atoms with Crippen LogP contribution in [0.1, 0.15) is 13.8 Å². The Bertz CT molecular complexity index is 356. The molecule has 6 heteroatoms. The van der Waals surface area contributed by atoms with E-state index in [9.17, 15) is 9.18 Å². The van der Waals surface area contributed by atoms with Gasteiger partial charge < -0.3 is 10.0 Å². The van der Waals surface area contributed by atoms with Crippen LogP contribution >= 0.6 is 0 Å². The first-order valence-electron chi connectivity index (χ1n) is 5.00. The molecule has 1 aromatic heterocycles. The summed E-state index contributed by atoms with van der Waals surface area (Å²) in [7, 11) is 0. The van der Waals surface area contributed by atoms with E-state index in [2.05, 4.69) is 9.97 Å². The number of aliphatic carboxylic acids is 1. The minimum atomic E-state index is -0.874. The molecular weight excluding hydrogens is 213 g/mol. The summed E-state index contributed by atoms with van der Waals surface area (Å²) in [5.41, 5.74) is 0. The molecule has 0 aliphatic carbocycles. The number of aromatic nitrogens is 2. The maximum Gasteiger partial charge on any atom is 0.308 e. The van der Waals surface area contributed by atoms with Gasteiger partial charge in [0.05, 0.1) is 18.3 Å². The Morgan fingerprint density at radius 2 is 2.12 bits per heavy atom. The number of halogens is 1. The summed E-state index contributed by atoms with van der Waals surface area (Å²) in [6.07, 6.45) is 2.13. The van der Waals surface area contributed by atoms with Gasteiger partial charge in [-0.15, -0.1) is 0 Å². The standard InChI is InChI=1S/C10H14FN3O2/c1-3-14(6-7(2)9(15)16)10-12-4-8(11)5-13-10/h4-5,7H,3,6H2,1-2H3,(H,15,16). The number of nitrogens with zero attached hydrogens (tertiary/aromatic N) is 3. The summed E-state index contributed by atoms with van der Waals surface area (Å²) >= 11 is 0. The van der Waals surface area contributed by atoms with E-state index in [0.717, 1.165) is 12.4 Å². The van der Waals surface area contributed by atoms with Crippen LogP contribution in [0.4, 0.5) is 10.3 Å². The molecule has 1 rings (SSSR count). The lowest BCUT2D eigenvalue weighted by Gasteiger charge is -2.22. The van der Waals surface area contributed by atoms with E-state index >= 15 is 0 Å². The molecule has 0 aliphatic heterocycles. The van der Waals surface area contributed by atoms with Crippen LogP contribution in [0.15, 0.2) is 12.4 Å². The van der Waals surface area contributed by atoms with Gasteiger partial charge in [0, 0.05) is 13.1 Å². The number of hydrogen-bond donors (Lipinski definition) is 1. The first-order chi connectivity index (χ1) is 7.54. The van der Waals surface area contributed by atoms with E-state index < -0.39 is 17.7 Å². The third kappa shape index (κ3) is 3.15. The summed E-state index contributed by atoms with van der Waals surface area (Å²) in [5, 5.41) is 8.79. The lowest BCUT2D eigenvalue weighted by Crippen LogP contribution is -2.32. The van der Waals surface area contributed by atoms with Crippen LogP contribution in [0.3, 0.4) is 0 Å². The van der Waals surface area contributed by atoms with Gasteiger partial charge in [-0.1, -0.05) is 6.92 Å². The van der Waals surface area contributed by atoms with E-state index in [4.69, 9.17) is 5.11 Å². The van der Waals surface area contributed by atoms with Gasteiger partial charge in [0.15, 0.2) is 5.82 Å². The third-order valence-electron chi connectivity index (χ3n) is 2.19. The highest BCUT2D eigenvalue weighted by Crippen LogP contribution is 2.09. The van der Waals surface area contributed by atoms with Crippen molar-refractivity contribution in [3.05, 3.63) is 18.2 Å².